The molecule has 1 aliphatic heterocycles. The first-order valence-corrected chi connectivity index (χ1v) is 5.76. The second-order valence-electron chi connectivity index (χ2n) is 4.18. The van der Waals surface area contributed by atoms with Crippen molar-refractivity contribution in [1.29, 1.82) is 0 Å². The lowest BCUT2D eigenvalue weighted by molar-refractivity contribution is -0.142. The van der Waals surface area contributed by atoms with Gasteiger partial charge in [0.1, 0.15) is 6.04 Å². The number of rotatable bonds is 4. The van der Waals surface area contributed by atoms with Crippen molar-refractivity contribution in [2.45, 2.75) is 44.7 Å². The molecule has 0 aromatic heterocycles. The molecule has 0 aliphatic carbocycles. The topological polar surface area (TPSA) is 55.6 Å². The van der Waals surface area contributed by atoms with E-state index in [1.54, 1.807) is 0 Å². The van der Waals surface area contributed by atoms with E-state index in [0.29, 0.717) is 12.6 Å². The van der Waals surface area contributed by atoms with Crippen molar-refractivity contribution in [2.75, 3.05) is 20.2 Å². The van der Waals surface area contributed by atoms with E-state index in [1.807, 2.05) is 0 Å². The predicted molar refractivity (Wildman–Crippen MR) is 59.5 cm³/mol. The molecule has 0 saturated carbocycles. The van der Waals surface area contributed by atoms with Gasteiger partial charge in [-0.05, 0) is 25.8 Å². The van der Waals surface area contributed by atoms with Crippen molar-refractivity contribution in [2.24, 2.45) is 5.73 Å². The highest BCUT2D eigenvalue weighted by molar-refractivity contribution is 5.75. The second-order valence-corrected chi connectivity index (χ2v) is 4.18. The monoisotopic (exact) mass is 214 g/mol. The molecular formula is C11H22N2O2. The number of nitrogens with zero attached hydrogens (tertiary/aromatic N) is 1. The predicted octanol–water partition coefficient (Wildman–Crippen LogP) is 0.751. The van der Waals surface area contributed by atoms with Crippen LogP contribution in [0.1, 0.15) is 32.6 Å². The van der Waals surface area contributed by atoms with Crippen LogP contribution in [0.15, 0.2) is 0 Å². The molecule has 2 unspecified atom stereocenters. The lowest BCUT2D eigenvalue weighted by atomic mass is 9.99. The summed E-state index contributed by atoms with van der Waals surface area (Å²) in [4.78, 5) is 13.5. The summed E-state index contributed by atoms with van der Waals surface area (Å²) in [5, 5.41) is 0. The van der Waals surface area contributed by atoms with Crippen LogP contribution in [0.25, 0.3) is 0 Å². The van der Waals surface area contributed by atoms with Crippen LogP contribution in [-0.4, -0.2) is 43.2 Å². The Morgan fingerprint density at radius 1 is 1.60 bits per heavy atom. The quantitative estimate of drug-likeness (QED) is 0.702. The van der Waals surface area contributed by atoms with Crippen LogP contribution in [0.5, 0.6) is 0 Å². The fraction of sp³-hybridized carbons (Fsp3) is 0.909. The van der Waals surface area contributed by atoms with Gasteiger partial charge in [0.15, 0.2) is 0 Å². The maximum absolute atomic E-state index is 11.2. The number of nitrogens with two attached hydrogens (primary N) is 1. The van der Waals surface area contributed by atoms with Crippen LogP contribution >= 0.6 is 0 Å². The molecule has 0 spiro atoms. The first-order valence-electron chi connectivity index (χ1n) is 5.76. The van der Waals surface area contributed by atoms with Crippen molar-refractivity contribution in [3.8, 4) is 0 Å². The Bertz CT molecular complexity index is 209. The average molecular weight is 214 g/mol. The Kier molecular flexibility index (Phi) is 5.05. The van der Waals surface area contributed by atoms with Crippen molar-refractivity contribution >= 4 is 5.97 Å². The average Bonchev–Trinajstić information content (AvgIpc) is 2.28. The Morgan fingerprint density at radius 2 is 2.33 bits per heavy atom. The van der Waals surface area contributed by atoms with Crippen molar-refractivity contribution < 1.29 is 9.53 Å². The molecule has 0 bridgehead atoms. The van der Waals surface area contributed by atoms with E-state index in [0.717, 1.165) is 13.0 Å². The number of ether oxygens (including phenoxy) is 1. The number of methoxy groups -OCH3 is 1. The summed E-state index contributed by atoms with van der Waals surface area (Å²) >= 11 is 0. The molecule has 1 aliphatic rings. The number of hydrogen-bond acceptors (Lipinski definition) is 4. The van der Waals surface area contributed by atoms with Gasteiger partial charge in [0.25, 0.3) is 0 Å². The number of esters is 1. The highest BCUT2D eigenvalue weighted by Crippen LogP contribution is 2.19. The molecule has 4 nitrogen and oxygen atoms in total. The van der Waals surface area contributed by atoms with E-state index in [2.05, 4.69) is 16.6 Å². The molecule has 0 aromatic rings. The molecular weight excluding hydrogens is 192 g/mol. The summed E-state index contributed by atoms with van der Waals surface area (Å²) < 4.78 is 4.63. The van der Waals surface area contributed by atoms with Gasteiger partial charge in [0.2, 0.25) is 0 Å². The van der Waals surface area contributed by atoms with Crippen LogP contribution in [0.2, 0.25) is 0 Å². The molecule has 15 heavy (non-hydrogen) atoms. The van der Waals surface area contributed by atoms with E-state index in [1.165, 1.54) is 26.4 Å². The van der Waals surface area contributed by atoms with Crippen molar-refractivity contribution in [1.82, 2.24) is 4.90 Å². The fourth-order valence-electron chi connectivity index (χ4n) is 2.24. The van der Waals surface area contributed by atoms with Gasteiger partial charge in [-0.3, -0.25) is 9.69 Å². The van der Waals surface area contributed by atoms with Crippen LogP contribution in [0.3, 0.4) is 0 Å². The van der Waals surface area contributed by atoms with Gasteiger partial charge in [-0.1, -0.05) is 13.3 Å². The van der Waals surface area contributed by atoms with Crippen molar-refractivity contribution in [3.63, 3.8) is 0 Å². The number of hydrogen-bond donors (Lipinski definition) is 1. The zero-order chi connectivity index (χ0) is 11.3. The molecule has 1 rings (SSSR count). The molecule has 0 amide bonds. The zero-order valence-corrected chi connectivity index (χ0v) is 9.74. The third kappa shape index (κ3) is 3.47. The second kappa shape index (κ2) is 6.08. The number of likely N-dealkylation sites (tertiary alicyclic amines) is 1. The highest BCUT2D eigenvalue weighted by atomic mass is 16.5. The standard InChI is InChI=1S/C11H22N2O2/c1-3-9-6-4-5-7-13(9)8-10(12)11(14)15-2/h9-10H,3-8,12H2,1-2H3. The molecule has 1 fully saturated rings. The van der Waals surface area contributed by atoms with E-state index >= 15 is 0 Å². The van der Waals surface area contributed by atoms with Gasteiger partial charge in [-0.2, -0.15) is 0 Å². The molecule has 4 heteroatoms. The summed E-state index contributed by atoms with van der Waals surface area (Å²) in [6.45, 7) is 3.88. The van der Waals surface area contributed by atoms with Crippen LogP contribution in [-0.2, 0) is 9.53 Å². The van der Waals surface area contributed by atoms with E-state index < -0.39 is 6.04 Å². The van der Waals surface area contributed by atoms with Crippen LogP contribution in [0, 0.1) is 0 Å². The highest BCUT2D eigenvalue weighted by Gasteiger charge is 2.25. The van der Waals surface area contributed by atoms with E-state index in [4.69, 9.17) is 5.73 Å². The minimum absolute atomic E-state index is 0.310. The summed E-state index contributed by atoms with van der Waals surface area (Å²) in [5.74, 6) is -0.310. The van der Waals surface area contributed by atoms with Gasteiger partial charge in [-0.25, -0.2) is 0 Å². The van der Waals surface area contributed by atoms with Gasteiger partial charge in [-0.15, -0.1) is 0 Å². The summed E-state index contributed by atoms with van der Waals surface area (Å²) in [5.41, 5.74) is 5.76. The number of piperidine rings is 1. The lowest BCUT2D eigenvalue weighted by Crippen LogP contribution is -2.48. The summed E-state index contributed by atoms with van der Waals surface area (Å²) in [6.07, 6.45) is 4.87. The maximum Gasteiger partial charge on any atom is 0.323 e. The first-order chi connectivity index (χ1) is 7.19. The fourth-order valence-corrected chi connectivity index (χ4v) is 2.24. The van der Waals surface area contributed by atoms with Crippen LogP contribution < -0.4 is 5.73 Å². The van der Waals surface area contributed by atoms with Gasteiger partial charge >= 0.3 is 5.97 Å². The Balaban J connectivity index is 2.43. The Morgan fingerprint density at radius 3 is 2.93 bits per heavy atom. The smallest absolute Gasteiger partial charge is 0.323 e. The van der Waals surface area contributed by atoms with Crippen molar-refractivity contribution in [3.05, 3.63) is 0 Å². The van der Waals surface area contributed by atoms with E-state index in [9.17, 15) is 4.79 Å². The van der Waals surface area contributed by atoms with Gasteiger partial charge < -0.3 is 10.5 Å². The summed E-state index contributed by atoms with van der Waals surface area (Å²) in [6, 6.07) is 0.0941. The van der Waals surface area contributed by atoms with Gasteiger partial charge in [0, 0.05) is 12.6 Å². The SMILES string of the molecule is CCC1CCCCN1CC(N)C(=O)OC. The lowest BCUT2D eigenvalue weighted by Gasteiger charge is -2.36. The number of carbonyl (C=O) groups is 1. The molecule has 2 N–H and O–H groups in total. The maximum atomic E-state index is 11.2. The van der Waals surface area contributed by atoms with Crippen LogP contribution in [0.4, 0.5) is 0 Å². The Labute approximate surface area is 91.8 Å². The zero-order valence-electron chi connectivity index (χ0n) is 9.74. The molecule has 88 valence electrons. The molecule has 1 heterocycles. The molecule has 0 aromatic carbocycles. The third-order valence-corrected chi connectivity index (χ3v) is 3.16. The molecule has 0 radical (unpaired) electrons. The molecule has 2 atom stereocenters. The third-order valence-electron chi connectivity index (χ3n) is 3.16. The minimum Gasteiger partial charge on any atom is -0.468 e. The summed E-state index contributed by atoms with van der Waals surface area (Å²) in [7, 11) is 1.38. The number of carbonyl (C=O) groups excluding carboxylic acids is 1. The van der Waals surface area contributed by atoms with E-state index in [-0.39, 0.29) is 5.97 Å². The molecule has 1 saturated heterocycles. The normalized spacial score (nSPS) is 24.9. The Hall–Kier alpha value is -0.610. The minimum atomic E-state index is -0.498. The first kappa shape index (κ1) is 12.5. The van der Waals surface area contributed by atoms with Gasteiger partial charge in [0.05, 0.1) is 7.11 Å². The largest absolute Gasteiger partial charge is 0.468 e.